The summed E-state index contributed by atoms with van der Waals surface area (Å²) in [5.41, 5.74) is 5.28. The normalized spacial score (nSPS) is 13.1. The molecule has 0 unspecified atom stereocenters. The summed E-state index contributed by atoms with van der Waals surface area (Å²) in [6.45, 7) is 2.47. The molecular formula is C8H22N4O4S2. The minimum Gasteiger partial charge on any atom is -0.330 e. The summed E-state index contributed by atoms with van der Waals surface area (Å²) in [7, 11) is -5.63. The van der Waals surface area contributed by atoms with E-state index in [0.29, 0.717) is 19.5 Å². The molecule has 0 atom stereocenters. The zero-order chi connectivity index (χ0) is 14.2. The van der Waals surface area contributed by atoms with Gasteiger partial charge in [-0.2, -0.15) is 12.7 Å². The number of sulfonamides is 1. The van der Waals surface area contributed by atoms with E-state index in [2.05, 4.69) is 9.44 Å². The van der Waals surface area contributed by atoms with Crippen LogP contribution in [-0.4, -0.2) is 60.1 Å². The first-order chi connectivity index (χ1) is 8.25. The van der Waals surface area contributed by atoms with E-state index >= 15 is 0 Å². The molecule has 0 aliphatic heterocycles. The fourth-order valence-corrected chi connectivity index (χ4v) is 3.18. The van der Waals surface area contributed by atoms with Gasteiger partial charge in [0, 0.05) is 26.7 Å². The molecule has 0 fully saturated rings. The molecule has 4 N–H and O–H groups in total. The minimum absolute atomic E-state index is 0.162. The lowest BCUT2D eigenvalue weighted by atomic mass is 10.4. The van der Waals surface area contributed by atoms with Gasteiger partial charge in [0.1, 0.15) is 0 Å². The molecule has 0 aromatic rings. The Kier molecular flexibility index (Phi) is 7.90. The topological polar surface area (TPSA) is 122 Å². The molecule has 0 rings (SSSR count). The molecule has 0 heterocycles. The lowest BCUT2D eigenvalue weighted by molar-refractivity contribution is 0.454. The number of nitrogens with two attached hydrogens (primary N) is 1. The van der Waals surface area contributed by atoms with E-state index in [1.165, 1.54) is 7.05 Å². The minimum atomic E-state index is -3.63. The molecule has 0 saturated carbocycles. The summed E-state index contributed by atoms with van der Waals surface area (Å²) in [5, 5.41) is 0. The molecule has 0 aliphatic rings. The summed E-state index contributed by atoms with van der Waals surface area (Å²) in [5.74, 6) is -0.287. The van der Waals surface area contributed by atoms with Crippen molar-refractivity contribution in [2.24, 2.45) is 5.73 Å². The number of nitrogens with one attached hydrogen (secondary N) is 2. The summed E-state index contributed by atoms with van der Waals surface area (Å²) >= 11 is 0. The second-order valence-corrected chi connectivity index (χ2v) is 7.47. The third kappa shape index (κ3) is 7.24. The molecule has 0 saturated heterocycles. The van der Waals surface area contributed by atoms with Crippen molar-refractivity contribution in [1.29, 1.82) is 0 Å². The van der Waals surface area contributed by atoms with Crippen LogP contribution in [-0.2, 0) is 20.2 Å². The predicted octanol–water partition coefficient (Wildman–Crippen LogP) is -1.96. The van der Waals surface area contributed by atoms with Gasteiger partial charge in [-0.3, -0.25) is 0 Å². The zero-order valence-electron chi connectivity index (χ0n) is 10.7. The van der Waals surface area contributed by atoms with Gasteiger partial charge >= 0.3 is 0 Å². The Morgan fingerprint density at radius 2 is 1.78 bits per heavy atom. The fraction of sp³-hybridized carbons (Fsp3) is 1.00. The van der Waals surface area contributed by atoms with Gasteiger partial charge in [-0.1, -0.05) is 6.92 Å². The molecule has 0 aromatic carbocycles. The molecule has 0 spiro atoms. The van der Waals surface area contributed by atoms with Crippen molar-refractivity contribution in [1.82, 2.24) is 13.7 Å². The highest BCUT2D eigenvalue weighted by Crippen LogP contribution is 1.95. The van der Waals surface area contributed by atoms with Crippen LogP contribution in [0, 0.1) is 0 Å². The first-order valence-corrected chi connectivity index (χ1v) is 8.72. The van der Waals surface area contributed by atoms with Crippen LogP contribution in [0.5, 0.6) is 0 Å². The molecule has 0 aromatic heterocycles. The quantitative estimate of drug-likeness (QED) is 0.432. The third-order valence-electron chi connectivity index (χ3n) is 2.11. The molecule has 0 bridgehead atoms. The maximum Gasteiger partial charge on any atom is 0.279 e. The fourth-order valence-electron chi connectivity index (χ4n) is 1.14. The van der Waals surface area contributed by atoms with Crippen molar-refractivity contribution in [3.8, 4) is 0 Å². The highest BCUT2D eigenvalue weighted by atomic mass is 32.2. The Labute approximate surface area is 109 Å². The lowest BCUT2D eigenvalue weighted by Gasteiger charge is -2.17. The number of hydrogen-bond acceptors (Lipinski definition) is 5. The van der Waals surface area contributed by atoms with Crippen LogP contribution in [0.2, 0.25) is 0 Å². The van der Waals surface area contributed by atoms with E-state index in [4.69, 9.17) is 5.73 Å². The van der Waals surface area contributed by atoms with Crippen molar-refractivity contribution < 1.29 is 16.8 Å². The van der Waals surface area contributed by atoms with Gasteiger partial charge in [0.05, 0.1) is 5.75 Å². The van der Waals surface area contributed by atoms with E-state index < -0.39 is 20.2 Å². The zero-order valence-corrected chi connectivity index (χ0v) is 12.3. The second kappa shape index (κ2) is 8.02. The summed E-state index contributed by atoms with van der Waals surface area (Å²) in [6, 6.07) is 0. The monoisotopic (exact) mass is 302 g/mol. The van der Waals surface area contributed by atoms with Gasteiger partial charge in [-0.05, 0) is 13.0 Å². The van der Waals surface area contributed by atoms with Gasteiger partial charge in [-0.25, -0.2) is 17.9 Å². The number of rotatable bonds is 10. The summed E-state index contributed by atoms with van der Waals surface area (Å²) < 4.78 is 51.5. The van der Waals surface area contributed by atoms with Crippen molar-refractivity contribution in [2.75, 3.05) is 39.0 Å². The molecule has 0 aliphatic carbocycles. The molecule has 8 nitrogen and oxygen atoms in total. The first-order valence-electron chi connectivity index (χ1n) is 5.63. The van der Waals surface area contributed by atoms with Crippen LogP contribution in [0.15, 0.2) is 0 Å². The lowest BCUT2D eigenvalue weighted by Crippen LogP contribution is -2.42. The van der Waals surface area contributed by atoms with Crippen LogP contribution in [0.1, 0.15) is 13.3 Å². The molecular weight excluding hydrogens is 280 g/mol. The summed E-state index contributed by atoms with van der Waals surface area (Å²) in [6.07, 6.45) is 0.549. The van der Waals surface area contributed by atoms with Crippen molar-refractivity contribution in [3.05, 3.63) is 0 Å². The largest absolute Gasteiger partial charge is 0.330 e. The Morgan fingerprint density at radius 1 is 1.17 bits per heavy atom. The average Bonchev–Trinajstić information content (AvgIpc) is 2.24. The van der Waals surface area contributed by atoms with Crippen LogP contribution in [0.3, 0.4) is 0 Å². The van der Waals surface area contributed by atoms with E-state index in [1.807, 2.05) is 0 Å². The average molecular weight is 302 g/mol. The van der Waals surface area contributed by atoms with Crippen LogP contribution in [0.4, 0.5) is 0 Å². The Hall–Kier alpha value is -0.260. The van der Waals surface area contributed by atoms with Gasteiger partial charge in [0.25, 0.3) is 10.2 Å². The van der Waals surface area contributed by atoms with Crippen LogP contribution < -0.4 is 15.2 Å². The Balaban J connectivity index is 4.20. The highest BCUT2D eigenvalue weighted by Gasteiger charge is 2.17. The maximum atomic E-state index is 11.6. The molecule has 0 amide bonds. The van der Waals surface area contributed by atoms with E-state index in [1.54, 1.807) is 6.92 Å². The van der Waals surface area contributed by atoms with Crippen LogP contribution >= 0.6 is 0 Å². The first kappa shape index (κ1) is 17.7. The number of nitrogens with zero attached hydrogens (tertiary/aromatic N) is 1. The summed E-state index contributed by atoms with van der Waals surface area (Å²) in [4.78, 5) is 0. The number of hydrogen-bond donors (Lipinski definition) is 3. The van der Waals surface area contributed by atoms with Gasteiger partial charge in [-0.15, -0.1) is 0 Å². The van der Waals surface area contributed by atoms with E-state index in [0.717, 1.165) is 4.31 Å². The van der Waals surface area contributed by atoms with E-state index in [9.17, 15) is 16.8 Å². The SMILES string of the molecule is CCNS(=O)(=O)CCNS(=O)(=O)N(C)CCCN. The maximum absolute atomic E-state index is 11.6. The molecule has 10 heteroatoms. The smallest absolute Gasteiger partial charge is 0.279 e. The van der Waals surface area contributed by atoms with Crippen molar-refractivity contribution in [2.45, 2.75) is 13.3 Å². The third-order valence-corrected chi connectivity index (χ3v) is 5.15. The molecule has 18 heavy (non-hydrogen) atoms. The van der Waals surface area contributed by atoms with Crippen molar-refractivity contribution >= 4 is 20.2 Å². The van der Waals surface area contributed by atoms with Gasteiger partial charge in [0.15, 0.2) is 0 Å². The Morgan fingerprint density at radius 3 is 2.28 bits per heavy atom. The van der Waals surface area contributed by atoms with Crippen molar-refractivity contribution in [3.63, 3.8) is 0 Å². The highest BCUT2D eigenvalue weighted by molar-refractivity contribution is 7.89. The standard InChI is InChI=1S/C8H22N4O4S2/c1-3-10-17(13,14)8-6-11-18(15,16)12(2)7-4-5-9/h10-11H,3-9H2,1-2H3. The van der Waals surface area contributed by atoms with Gasteiger partial charge in [0.2, 0.25) is 10.0 Å². The second-order valence-electron chi connectivity index (χ2n) is 3.68. The van der Waals surface area contributed by atoms with Crippen LogP contribution in [0.25, 0.3) is 0 Å². The Bertz CT molecular complexity index is 420. The van der Waals surface area contributed by atoms with Gasteiger partial charge < -0.3 is 5.73 Å². The molecule has 110 valence electrons. The van der Waals surface area contributed by atoms with E-state index in [-0.39, 0.29) is 18.8 Å². The predicted molar refractivity (Wildman–Crippen MR) is 70.7 cm³/mol. The molecule has 0 radical (unpaired) electrons.